The lowest BCUT2D eigenvalue weighted by Crippen LogP contribution is -2.36. The van der Waals surface area contributed by atoms with E-state index in [2.05, 4.69) is 5.32 Å². The summed E-state index contributed by atoms with van der Waals surface area (Å²) in [4.78, 5) is 26.5. The van der Waals surface area contributed by atoms with Gasteiger partial charge < -0.3 is 15.0 Å². The topological polar surface area (TPSA) is 58.6 Å². The van der Waals surface area contributed by atoms with E-state index in [1.54, 1.807) is 4.90 Å². The molecule has 1 heterocycles. The standard InChI is InChI=1S/C21H24N2O3/c1-5-26-17-10-8-16(9-11-17)12-23-20-14(3)7-6-13(2)18(20)19(21(23)25)22-15(4)24/h6-11,19H,5,12H2,1-4H3,(H,22,24). The largest absolute Gasteiger partial charge is 0.494 e. The molecule has 0 radical (unpaired) electrons. The van der Waals surface area contributed by atoms with Gasteiger partial charge >= 0.3 is 0 Å². The third kappa shape index (κ3) is 3.29. The minimum Gasteiger partial charge on any atom is -0.494 e. The number of nitrogens with one attached hydrogen (secondary N) is 1. The lowest BCUT2D eigenvalue weighted by molar-refractivity contribution is -0.126. The number of nitrogens with zero attached hydrogens (tertiary/aromatic N) is 1. The Morgan fingerprint density at radius 1 is 1.12 bits per heavy atom. The normalized spacial score (nSPS) is 15.8. The summed E-state index contributed by atoms with van der Waals surface area (Å²) in [6.07, 6.45) is 0. The molecule has 5 heteroatoms. The van der Waals surface area contributed by atoms with Gasteiger partial charge in [0.15, 0.2) is 0 Å². The van der Waals surface area contributed by atoms with Gasteiger partial charge in [0.2, 0.25) is 5.91 Å². The third-order valence-electron chi connectivity index (χ3n) is 4.63. The zero-order valence-corrected chi connectivity index (χ0v) is 15.6. The summed E-state index contributed by atoms with van der Waals surface area (Å²) >= 11 is 0. The van der Waals surface area contributed by atoms with Crippen LogP contribution in [0.15, 0.2) is 36.4 Å². The smallest absolute Gasteiger partial charge is 0.254 e. The minimum absolute atomic E-state index is 0.0958. The molecule has 26 heavy (non-hydrogen) atoms. The maximum absolute atomic E-state index is 13.1. The van der Waals surface area contributed by atoms with Crippen LogP contribution in [0.1, 0.15) is 42.1 Å². The van der Waals surface area contributed by atoms with Crippen molar-refractivity contribution in [3.8, 4) is 5.75 Å². The Bertz CT molecular complexity index is 843. The van der Waals surface area contributed by atoms with Gasteiger partial charge in [-0.2, -0.15) is 0 Å². The van der Waals surface area contributed by atoms with Gasteiger partial charge in [-0.25, -0.2) is 0 Å². The number of amides is 2. The number of hydrogen-bond acceptors (Lipinski definition) is 3. The summed E-state index contributed by atoms with van der Waals surface area (Å²) in [6.45, 7) is 8.43. The molecule has 1 atom stereocenters. The third-order valence-corrected chi connectivity index (χ3v) is 4.63. The molecule has 1 N–H and O–H groups in total. The van der Waals surface area contributed by atoms with E-state index in [1.807, 2.05) is 57.2 Å². The molecule has 1 unspecified atom stereocenters. The Morgan fingerprint density at radius 2 is 1.77 bits per heavy atom. The second kappa shape index (κ2) is 7.20. The van der Waals surface area contributed by atoms with Crippen molar-refractivity contribution >= 4 is 17.5 Å². The predicted octanol–water partition coefficient (Wildman–Crippen LogP) is 3.43. The molecular formula is C21H24N2O3. The van der Waals surface area contributed by atoms with E-state index in [1.165, 1.54) is 6.92 Å². The number of ether oxygens (including phenoxy) is 1. The number of carbonyl (C=O) groups excluding carboxylic acids is 2. The Kier molecular flexibility index (Phi) is 4.98. The van der Waals surface area contributed by atoms with Crippen LogP contribution in [-0.2, 0) is 16.1 Å². The zero-order chi connectivity index (χ0) is 18.8. The van der Waals surface area contributed by atoms with E-state index in [9.17, 15) is 9.59 Å². The predicted molar refractivity (Wildman–Crippen MR) is 101 cm³/mol. The Labute approximate surface area is 154 Å². The number of anilines is 1. The molecule has 0 fully saturated rings. The summed E-state index contributed by atoms with van der Waals surface area (Å²) in [7, 11) is 0. The minimum atomic E-state index is -0.620. The molecule has 2 aromatic rings. The zero-order valence-electron chi connectivity index (χ0n) is 15.6. The fourth-order valence-corrected chi connectivity index (χ4v) is 3.46. The van der Waals surface area contributed by atoms with E-state index >= 15 is 0 Å². The van der Waals surface area contributed by atoms with Crippen LogP contribution in [0.4, 0.5) is 5.69 Å². The van der Waals surface area contributed by atoms with Crippen molar-refractivity contribution in [2.24, 2.45) is 0 Å². The monoisotopic (exact) mass is 352 g/mol. The highest BCUT2D eigenvalue weighted by molar-refractivity contribution is 6.07. The van der Waals surface area contributed by atoms with Crippen molar-refractivity contribution in [3.05, 3.63) is 58.7 Å². The van der Waals surface area contributed by atoms with Gasteiger partial charge in [0.1, 0.15) is 11.8 Å². The molecule has 1 aliphatic rings. The summed E-state index contributed by atoms with van der Waals surface area (Å²) < 4.78 is 5.48. The Hall–Kier alpha value is -2.82. The van der Waals surface area contributed by atoms with Gasteiger partial charge in [0.25, 0.3) is 5.91 Å². The van der Waals surface area contributed by atoms with Gasteiger partial charge in [0, 0.05) is 12.5 Å². The first kappa shape index (κ1) is 18.0. The molecule has 1 aliphatic heterocycles. The van der Waals surface area contributed by atoms with E-state index in [4.69, 9.17) is 4.74 Å². The van der Waals surface area contributed by atoms with Crippen molar-refractivity contribution in [3.63, 3.8) is 0 Å². The molecule has 0 aliphatic carbocycles. The molecule has 0 saturated heterocycles. The highest BCUT2D eigenvalue weighted by atomic mass is 16.5. The second-order valence-corrected chi connectivity index (χ2v) is 6.60. The van der Waals surface area contributed by atoms with Crippen LogP contribution in [0.3, 0.4) is 0 Å². The average Bonchev–Trinajstić information content (AvgIpc) is 2.87. The van der Waals surface area contributed by atoms with Crippen molar-refractivity contribution in [1.82, 2.24) is 5.32 Å². The number of rotatable bonds is 5. The summed E-state index contributed by atoms with van der Waals surface area (Å²) in [5.74, 6) is 0.507. The van der Waals surface area contributed by atoms with Crippen molar-refractivity contribution in [2.75, 3.05) is 11.5 Å². The van der Waals surface area contributed by atoms with E-state index in [0.717, 1.165) is 33.7 Å². The average molecular weight is 352 g/mol. The number of hydrogen-bond donors (Lipinski definition) is 1. The molecule has 0 spiro atoms. The molecular weight excluding hydrogens is 328 g/mol. The number of aryl methyl sites for hydroxylation is 2. The van der Waals surface area contributed by atoms with E-state index in [0.29, 0.717) is 13.2 Å². The Balaban J connectivity index is 1.96. The first-order valence-corrected chi connectivity index (χ1v) is 8.82. The highest BCUT2D eigenvalue weighted by Gasteiger charge is 2.39. The first-order valence-electron chi connectivity index (χ1n) is 8.82. The molecule has 0 aromatic heterocycles. The number of carbonyl (C=O) groups is 2. The molecule has 2 amide bonds. The van der Waals surface area contributed by atoms with Crippen LogP contribution in [-0.4, -0.2) is 18.4 Å². The van der Waals surface area contributed by atoms with Crippen LogP contribution in [0.2, 0.25) is 0 Å². The summed E-state index contributed by atoms with van der Waals surface area (Å²) in [5, 5.41) is 2.81. The van der Waals surface area contributed by atoms with Crippen LogP contribution in [0, 0.1) is 13.8 Å². The van der Waals surface area contributed by atoms with Crippen molar-refractivity contribution in [1.29, 1.82) is 0 Å². The van der Waals surface area contributed by atoms with Gasteiger partial charge in [-0.3, -0.25) is 9.59 Å². The number of fused-ring (bicyclic) bond motifs is 1. The SMILES string of the molecule is CCOc1ccc(CN2C(=O)C(NC(C)=O)c3c(C)ccc(C)c32)cc1. The van der Waals surface area contributed by atoms with Crippen LogP contribution in [0.5, 0.6) is 5.75 Å². The fraction of sp³-hybridized carbons (Fsp3) is 0.333. The summed E-state index contributed by atoms with van der Waals surface area (Å²) in [5.41, 5.74) is 4.85. The fourth-order valence-electron chi connectivity index (χ4n) is 3.46. The van der Waals surface area contributed by atoms with Crippen LogP contribution < -0.4 is 15.0 Å². The quantitative estimate of drug-likeness (QED) is 0.897. The van der Waals surface area contributed by atoms with Gasteiger partial charge in [0.05, 0.1) is 18.8 Å². The van der Waals surface area contributed by atoms with Gasteiger partial charge in [-0.15, -0.1) is 0 Å². The lowest BCUT2D eigenvalue weighted by atomic mass is 9.99. The maximum Gasteiger partial charge on any atom is 0.254 e. The summed E-state index contributed by atoms with van der Waals surface area (Å²) in [6, 6.07) is 11.1. The molecule has 3 rings (SSSR count). The maximum atomic E-state index is 13.1. The molecule has 0 saturated carbocycles. The lowest BCUT2D eigenvalue weighted by Gasteiger charge is -2.20. The van der Waals surface area contributed by atoms with Crippen LogP contribution in [0.25, 0.3) is 0 Å². The number of benzene rings is 2. The van der Waals surface area contributed by atoms with Crippen molar-refractivity contribution < 1.29 is 14.3 Å². The molecule has 5 nitrogen and oxygen atoms in total. The molecule has 136 valence electrons. The first-order chi connectivity index (χ1) is 12.4. The molecule has 0 bridgehead atoms. The second-order valence-electron chi connectivity index (χ2n) is 6.60. The van der Waals surface area contributed by atoms with Gasteiger partial charge in [-0.1, -0.05) is 24.3 Å². The van der Waals surface area contributed by atoms with E-state index in [-0.39, 0.29) is 11.8 Å². The van der Waals surface area contributed by atoms with E-state index < -0.39 is 6.04 Å². The molecule has 2 aromatic carbocycles. The van der Waals surface area contributed by atoms with Gasteiger partial charge in [-0.05, 0) is 49.6 Å². The van der Waals surface area contributed by atoms with Crippen LogP contribution >= 0.6 is 0 Å². The van der Waals surface area contributed by atoms with Crippen molar-refractivity contribution in [2.45, 2.75) is 40.3 Å². The highest BCUT2D eigenvalue weighted by Crippen LogP contribution is 2.41. The Morgan fingerprint density at radius 3 is 2.38 bits per heavy atom.